The number of rotatable bonds is 9. The second kappa shape index (κ2) is 11.4. The Balaban J connectivity index is 1.97. The quantitative estimate of drug-likeness (QED) is 0.297. The first-order valence-electron chi connectivity index (χ1n) is 8.27. The Bertz CT molecular complexity index is 313. The summed E-state index contributed by atoms with van der Waals surface area (Å²) in [4.78, 5) is 15.2. The fraction of sp³-hybridized carbons (Fsp3) is 0.875. The van der Waals surface area contributed by atoms with Gasteiger partial charge in [0.2, 0.25) is 0 Å². The van der Waals surface area contributed by atoms with Gasteiger partial charge in [-0.1, -0.05) is 25.7 Å². The summed E-state index contributed by atoms with van der Waals surface area (Å²) in [6.45, 7) is 1.82. The van der Waals surface area contributed by atoms with E-state index < -0.39 is 0 Å². The maximum absolute atomic E-state index is 11.0. The minimum Gasteiger partial charge on any atom is -0.469 e. The van der Waals surface area contributed by atoms with Crippen LogP contribution in [0.5, 0.6) is 0 Å². The molecule has 0 amide bonds. The van der Waals surface area contributed by atoms with Gasteiger partial charge in [-0.15, -0.1) is 0 Å². The van der Waals surface area contributed by atoms with Gasteiger partial charge >= 0.3 is 5.97 Å². The van der Waals surface area contributed by atoms with E-state index in [9.17, 15) is 4.79 Å². The van der Waals surface area contributed by atoms with Gasteiger partial charge in [0.25, 0.3) is 0 Å². The van der Waals surface area contributed by atoms with Gasteiger partial charge in [0.1, 0.15) is 0 Å². The molecule has 5 heteroatoms. The summed E-state index contributed by atoms with van der Waals surface area (Å²) in [5.74, 6) is 1.68. The average Bonchev–Trinajstić information content (AvgIpc) is 3.02. The van der Waals surface area contributed by atoms with E-state index in [2.05, 4.69) is 20.4 Å². The van der Waals surface area contributed by atoms with Crippen molar-refractivity contribution in [3.05, 3.63) is 0 Å². The topological polar surface area (TPSA) is 62.7 Å². The lowest BCUT2D eigenvalue weighted by Gasteiger charge is -2.13. The van der Waals surface area contributed by atoms with E-state index in [-0.39, 0.29) is 5.97 Å². The smallest absolute Gasteiger partial charge is 0.305 e. The number of hydrogen-bond acceptors (Lipinski definition) is 3. The number of carbonyl (C=O) groups excluding carboxylic acids is 1. The predicted molar refractivity (Wildman–Crippen MR) is 86.4 cm³/mol. The lowest BCUT2D eigenvalue weighted by molar-refractivity contribution is -0.140. The van der Waals surface area contributed by atoms with Crippen LogP contribution < -0.4 is 10.6 Å². The monoisotopic (exact) mass is 297 g/mol. The Hall–Kier alpha value is -1.26. The van der Waals surface area contributed by atoms with Gasteiger partial charge in [0, 0.05) is 26.6 Å². The third-order valence-electron chi connectivity index (χ3n) is 4.11. The first kappa shape index (κ1) is 17.8. The number of nitrogens with one attached hydrogen (secondary N) is 2. The molecule has 2 N–H and O–H groups in total. The van der Waals surface area contributed by atoms with Crippen LogP contribution in [0, 0.1) is 5.92 Å². The minimum atomic E-state index is -0.135. The van der Waals surface area contributed by atoms with Crippen molar-refractivity contribution in [3.8, 4) is 0 Å². The molecular formula is C16H31N3O2. The van der Waals surface area contributed by atoms with Crippen molar-refractivity contribution >= 4 is 11.9 Å². The van der Waals surface area contributed by atoms with Crippen molar-refractivity contribution in [2.75, 3.05) is 27.2 Å². The molecule has 0 aromatic rings. The van der Waals surface area contributed by atoms with Crippen molar-refractivity contribution in [3.63, 3.8) is 0 Å². The molecule has 1 aliphatic rings. The van der Waals surface area contributed by atoms with Gasteiger partial charge in [-0.2, -0.15) is 0 Å². The molecule has 1 aliphatic carbocycles. The molecule has 0 aromatic heterocycles. The summed E-state index contributed by atoms with van der Waals surface area (Å²) < 4.78 is 4.61. The average molecular weight is 297 g/mol. The Labute approximate surface area is 128 Å². The van der Waals surface area contributed by atoms with Gasteiger partial charge in [-0.3, -0.25) is 9.79 Å². The summed E-state index contributed by atoms with van der Waals surface area (Å²) in [6.07, 6.45) is 10.5. The highest BCUT2D eigenvalue weighted by Gasteiger charge is 2.13. The van der Waals surface area contributed by atoms with Crippen LogP contribution in [0.2, 0.25) is 0 Å². The Kier molecular flexibility index (Phi) is 9.66. The first-order chi connectivity index (χ1) is 10.3. The van der Waals surface area contributed by atoms with E-state index in [1.807, 2.05) is 0 Å². The van der Waals surface area contributed by atoms with E-state index in [4.69, 9.17) is 0 Å². The lowest BCUT2D eigenvalue weighted by Crippen LogP contribution is -2.38. The van der Waals surface area contributed by atoms with Crippen LogP contribution in [0.3, 0.4) is 0 Å². The van der Waals surface area contributed by atoms with Crippen molar-refractivity contribution in [1.82, 2.24) is 10.6 Å². The Morgan fingerprint density at radius 2 is 1.81 bits per heavy atom. The highest BCUT2D eigenvalue weighted by molar-refractivity contribution is 5.79. The molecule has 0 unspecified atom stereocenters. The van der Waals surface area contributed by atoms with Crippen LogP contribution in [0.25, 0.3) is 0 Å². The summed E-state index contributed by atoms with van der Waals surface area (Å²) >= 11 is 0. The van der Waals surface area contributed by atoms with Crippen molar-refractivity contribution in [2.24, 2.45) is 10.9 Å². The first-order valence-corrected chi connectivity index (χ1v) is 8.27. The number of esters is 1. The number of carbonyl (C=O) groups is 1. The number of ether oxygens (including phenoxy) is 1. The molecule has 21 heavy (non-hydrogen) atoms. The molecule has 0 radical (unpaired) electrons. The highest BCUT2D eigenvalue weighted by Crippen LogP contribution is 2.28. The predicted octanol–water partition coefficient (Wildman–Crippen LogP) is 2.47. The van der Waals surface area contributed by atoms with Crippen molar-refractivity contribution in [2.45, 2.75) is 57.8 Å². The minimum absolute atomic E-state index is 0.135. The van der Waals surface area contributed by atoms with Crippen LogP contribution in [0.4, 0.5) is 0 Å². The summed E-state index contributed by atoms with van der Waals surface area (Å²) in [5, 5.41) is 6.63. The zero-order valence-corrected chi connectivity index (χ0v) is 13.6. The molecule has 0 saturated heterocycles. The summed E-state index contributed by atoms with van der Waals surface area (Å²) in [7, 11) is 3.22. The largest absolute Gasteiger partial charge is 0.469 e. The molecule has 0 spiro atoms. The summed E-state index contributed by atoms with van der Waals surface area (Å²) in [5.41, 5.74) is 0. The molecule has 1 fully saturated rings. The highest BCUT2D eigenvalue weighted by atomic mass is 16.5. The van der Waals surface area contributed by atoms with Gasteiger partial charge < -0.3 is 15.4 Å². The standard InChI is InChI=1S/C16H31N3O2/c1-17-16(18-12-6-5-11-15(20)21-2)19-13-7-10-14-8-3-4-9-14/h14H,3-13H2,1-2H3,(H2,17,18,19). The zero-order valence-electron chi connectivity index (χ0n) is 13.6. The van der Waals surface area contributed by atoms with E-state index in [0.29, 0.717) is 6.42 Å². The zero-order chi connectivity index (χ0) is 15.3. The lowest BCUT2D eigenvalue weighted by atomic mass is 10.0. The molecular weight excluding hydrogens is 266 g/mol. The van der Waals surface area contributed by atoms with Gasteiger partial charge in [-0.25, -0.2) is 0 Å². The van der Waals surface area contributed by atoms with E-state index in [0.717, 1.165) is 37.8 Å². The number of aliphatic imine (C=N–C) groups is 1. The van der Waals surface area contributed by atoms with Gasteiger partial charge in [-0.05, 0) is 31.6 Å². The Morgan fingerprint density at radius 3 is 2.43 bits per heavy atom. The van der Waals surface area contributed by atoms with Gasteiger partial charge in [0.15, 0.2) is 5.96 Å². The van der Waals surface area contributed by atoms with Crippen LogP contribution in [-0.2, 0) is 9.53 Å². The number of nitrogens with zero attached hydrogens (tertiary/aromatic N) is 1. The second-order valence-corrected chi connectivity index (χ2v) is 5.75. The molecule has 0 bridgehead atoms. The number of unbranched alkanes of at least 4 members (excludes halogenated alkanes) is 1. The third kappa shape index (κ3) is 8.58. The van der Waals surface area contributed by atoms with E-state index in [1.54, 1.807) is 7.05 Å². The molecule has 0 aromatic carbocycles. The van der Waals surface area contributed by atoms with Crippen LogP contribution in [0.15, 0.2) is 4.99 Å². The maximum atomic E-state index is 11.0. The van der Waals surface area contributed by atoms with Crippen LogP contribution in [0.1, 0.15) is 57.8 Å². The normalized spacial score (nSPS) is 16.0. The molecule has 0 atom stereocenters. The third-order valence-corrected chi connectivity index (χ3v) is 4.11. The molecule has 0 heterocycles. The second-order valence-electron chi connectivity index (χ2n) is 5.75. The van der Waals surface area contributed by atoms with Gasteiger partial charge in [0.05, 0.1) is 7.11 Å². The van der Waals surface area contributed by atoms with Crippen molar-refractivity contribution < 1.29 is 9.53 Å². The van der Waals surface area contributed by atoms with E-state index in [1.165, 1.54) is 45.6 Å². The number of methoxy groups -OCH3 is 1. The molecule has 5 nitrogen and oxygen atoms in total. The maximum Gasteiger partial charge on any atom is 0.305 e. The van der Waals surface area contributed by atoms with Crippen LogP contribution >= 0.6 is 0 Å². The van der Waals surface area contributed by atoms with Crippen molar-refractivity contribution in [1.29, 1.82) is 0 Å². The fourth-order valence-corrected chi connectivity index (χ4v) is 2.82. The molecule has 1 saturated carbocycles. The number of guanidine groups is 1. The molecule has 122 valence electrons. The molecule has 1 rings (SSSR count). The van der Waals surface area contributed by atoms with E-state index >= 15 is 0 Å². The molecule has 0 aliphatic heterocycles. The SMILES string of the molecule is CN=C(NCCCCC(=O)OC)NCCCC1CCCC1. The summed E-state index contributed by atoms with van der Waals surface area (Å²) in [6, 6.07) is 0. The Morgan fingerprint density at radius 1 is 1.14 bits per heavy atom. The fourth-order valence-electron chi connectivity index (χ4n) is 2.82. The van der Waals surface area contributed by atoms with Crippen LogP contribution in [-0.4, -0.2) is 39.2 Å². The number of hydrogen-bond donors (Lipinski definition) is 2.